The van der Waals surface area contributed by atoms with Crippen molar-refractivity contribution in [3.63, 3.8) is 0 Å². The molecule has 1 aliphatic carbocycles. The Morgan fingerprint density at radius 2 is 1.33 bits per heavy atom. The molecular formula is C19H23NO. The SMILES string of the molecule is O[C@H]1CC[C@@H](N(Cc2ccccc2)Cc2ccccc2)C1. The van der Waals surface area contributed by atoms with Crippen LogP contribution in [0.1, 0.15) is 30.4 Å². The minimum absolute atomic E-state index is 0.121. The summed E-state index contributed by atoms with van der Waals surface area (Å²) in [5.74, 6) is 0. The van der Waals surface area contributed by atoms with Crippen LogP contribution in [0, 0.1) is 0 Å². The Balaban J connectivity index is 1.74. The molecule has 2 heteroatoms. The van der Waals surface area contributed by atoms with Crippen LogP contribution in [0.2, 0.25) is 0 Å². The van der Waals surface area contributed by atoms with E-state index in [2.05, 4.69) is 65.6 Å². The molecule has 0 spiro atoms. The number of rotatable bonds is 5. The summed E-state index contributed by atoms with van der Waals surface area (Å²) in [6.45, 7) is 1.90. The first-order chi connectivity index (χ1) is 10.3. The molecule has 2 aromatic rings. The molecule has 2 aromatic carbocycles. The first-order valence-corrected chi connectivity index (χ1v) is 7.81. The number of aliphatic hydroxyl groups excluding tert-OH is 1. The molecule has 2 nitrogen and oxygen atoms in total. The van der Waals surface area contributed by atoms with Crippen LogP contribution in [0.3, 0.4) is 0 Å². The second kappa shape index (κ2) is 6.88. The minimum Gasteiger partial charge on any atom is -0.393 e. The molecule has 1 saturated carbocycles. The van der Waals surface area contributed by atoms with E-state index in [9.17, 15) is 5.11 Å². The van der Waals surface area contributed by atoms with Gasteiger partial charge in [0.2, 0.25) is 0 Å². The van der Waals surface area contributed by atoms with Crippen LogP contribution in [-0.2, 0) is 13.1 Å². The quantitative estimate of drug-likeness (QED) is 0.905. The van der Waals surface area contributed by atoms with E-state index in [4.69, 9.17) is 0 Å². The molecule has 0 unspecified atom stereocenters. The summed E-state index contributed by atoms with van der Waals surface area (Å²) >= 11 is 0. The van der Waals surface area contributed by atoms with E-state index in [-0.39, 0.29) is 6.10 Å². The predicted molar refractivity (Wildman–Crippen MR) is 85.8 cm³/mol. The third-order valence-electron chi connectivity index (χ3n) is 4.35. The number of nitrogens with zero attached hydrogens (tertiary/aromatic N) is 1. The maximum Gasteiger partial charge on any atom is 0.0555 e. The summed E-state index contributed by atoms with van der Waals surface area (Å²) in [7, 11) is 0. The number of benzene rings is 2. The maximum absolute atomic E-state index is 9.85. The average Bonchev–Trinajstić information content (AvgIpc) is 2.95. The van der Waals surface area contributed by atoms with E-state index >= 15 is 0 Å². The molecule has 0 bridgehead atoms. The lowest BCUT2D eigenvalue weighted by Gasteiger charge is -2.29. The van der Waals surface area contributed by atoms with Crippen LogP contribution in [0.5, 0.6) is 0 Å². The van der Waals surface area contributed by atoms with Gasteiger partial charge >= 0.3 is 0 Å². The lowest BCUT2D eigenvalue weighted by Crippen LogP contribution is -2.33. The number of aliphatic hydroxyl groups is 1. The Morgan fingerprint density at radius 3 is 1.76 bits per heavy atom. The van der Waals surface area contributed by atoms with Crippen molar-refractivity contribution in [2.75, 3.05) is 0 Å². The van der Waals surface area contributed by atoms with E-state index in [0.29, 0.717) is 6.04 Å². The molecule has 0 amide bonds. The van der Waals surface area contributed by atoms with Crippen LogP contribution >= 0.6 is 0 Å². The van der Waals surface area contributed by atoms with Gasteiger partial charge in [0.1, 0.15) is 0 Å². The monoisotopic (exact) mass is 281 g/mol. The Hall–Kier alpha value is -1.64. The first kappa shape index (κ1) is 14.3. The van der Waals surface area contributed by atoms with Crippen LogP contribution < -0.4 is 0 Å². The summed E-state index contributed by atoms with van der Waals surface area (Å²) in [6, 6.07) is 21.7. The summed E-state index contributed by atoms with van der Waals surface area (Å²) in [5.41, 5.74) is 2.68. The van der Waals surface area contributed by atoms with E-state index < -0.39 is 0 Å². The van der Waals surface area contributed by atoms with Crippen molar-refractivity contribution in [1.82, 2.24) is 4.90 Å². The standard InChI is InChI=1S/C19H23NO/c21-19-12-11-18(13-19)20(14-16-7-3-1-4-8-16)15-17-9-5-2-6-10-17/h1-10,18-19,21H,11-15H2/t18-,19+/m1/s1. The van der Waals surface area contributed by atoms with E-state index in [0.717, 1.165) is 32.4 Å². The molecular weight excluding hydrogens is 258 g/mol. The largest absolute Gasteiger partial charge is 0.393 e. The van der Waals surface area contributed by atoms with Crippen molar-refractivity contribution < 1.29 is 5.11 Å². The van der Waals surface area contributed by atoms with Crippen molar-refractivity contribution in [3.8, 4) is 0 Å². The third kappa shape index (κ3) is 3.93. The van der Waals surface area contributed by atoms with Gasteiger partial charge in [0, 0.05) is 19.1 Å². The molecule has 1 fully saturated rings. The van der Waals surface area contributed by atoms with Gasteiger partial charge in [0.15, 0.2) is 0 Å². The zero-order valence-corrected chi connectivity index (χ0v) is 12.4. The van der Waals surface area contributed by atoms with Gasteiger partial charge in [0.25, 0.3) is 0 Å². The topological polar surface area (TPSA) is 23.5 Å². The third-order valence-corrected chi connectivity index (χ3v) is 4.35. The molecule has 3 rings (SSSR count). The minimum atomic E-state index is -0.121. The Bertz CT molecular complexity index is 499. The molecule has 110 valence electrons. The predicted octanol–water partition coefficient (Wildman–Crippen LogP) is 3.60. The molecule has 0 saturated heterocycles. The maximum atomic E-state index is 9.85. The number of hydrogen-bond donors (Lipinski definition) is 1. The highest BCUT2D eigenvalue weighted by Crippen LogP contribution is 2.27. The van der Waals surface area contributed by atoms with Gasteiger partial charge in [-0.2, -0.15) is 0 Å². The highest BCUT2D eigenvalue weighted by Gasteiger charge is 2.28. The van der Waals surface area contributed by atoms with Gasteiger partial charge in [0.05, 0.1) is 6.10 Å². The van der Waals surface area contributed by atoms with Crippen molar-refractivity contribution in [2.45, 2.75) is 44.5 Å². The van der Waals surface area contributed by atoms with E-state index in [1.807, 2.05) is 0 Å². The summed E-state index contributed by atoms with van der Waals surface area (Å²) in [6.07, 6.45) is 2.81. The van der Waals surface area contributed by atoms with Crippen LogP contribution in [0.4, 0.5) is 0 Å². The fourth-order valence-electron chi connectivity index (χ4n) is 3.22. The van der Waals surface area contributed by atoms with Gasteiger partial charge in [-0.05, 0) is 30.4 Å². The molecule has 1 N–H and O–H groups in total. The van der Waals surface area contributed by atoms with Crippen LogP contribution in [0.25, 0.3) is 0 Å². The zero-order valence-electron chi connectivity index (χ0n) is 12.4. The van der Waals surface area contributed by atoms with Crippen molar-refractivity contribution in [1.29, 1.82) is 0 Å². The highest BCUT2D eigenvalue weighted by atomic mass is 16.3. The summed E-state index contributed by atoms with van der Waals surface area (Å²) < 4.78 is 0. The molecule has 21 heavy (non-hydrogen) atoms. The molecule has 2 atom stereocenters. The fraction of sp³-hybridized carbons (Fsp3) is 0.368. The number of hydrogen-bond acceptors (Lipinski definition) is 2. The highest BCUT2D eigenvalue weighted by molar-refractivity contribution is 5.17. The van der Waals surface area contributed by atoms with E-state index in [1.165, 1.54) is 11.1 Å². The fourth-order valence-corrected chi connectivity index (χ4v) is 3.22. The van der Waals surface area contributed by atoms with Gasteiger partial charge in [-0.3, -0.25) is 4.90 Å². The summed E-state index contributed by atoms with van der Waals surface area (Å²) in [4.78, 5) is 2.51. The van der Waals surface area contributed by atoms with Crippen molar-refractivity contribution >= 4 is 0 Å². The zero-order chi connectivity index (χ0) is 14.5. The molecule has 1 aliphatic rings. The Morgan fingerprint density at radius 1 is 0.810 bits per heavy atom. The first-order valence-electron chi connectivity index (χ1n) is 7.81. The molecule has 0 aliphatic heterocycles. The Labute approximate surface area is 127 Å². The second-order valence-electron chi connectivity index (χ2n) is 6.00. The van der Waals surface area contributed by atoms with Crippen molar-refractivity contribution in [3.05, 3.63) is 71.8 Å². The second-order valence-corrected chi connectivity index (χ2v) is 6.00. The van der Waals surface area contributed by atoms with Crippen molar-refractivity contribution in [2.24, 2.45) is 0 Å². The van der Waals surface area contributed by atoms with Gasteiger partial charge in [-0.1, -0.05) is 60.7 Å². The smallest absolute Gasteiger partial charge is 0.0555 e. The lowest BCUT2D eigenvalue weighted by atomic mass is 10.1. The average molecular weight is 281 g/mol. The van der Waals surface area contributed by atoms with Gasteiger partial charge in [-0.15, -0.1) is 0 Å². The van der Waals surface area contributed by atoms with Gasteiger partial charge < -0.3 is 5.11 Å². The Kier molecular flexibility index (Phi) is 4.69. The lowest BCUT2D eigenvalue weighted by molar-refractivity contribution is 0.142. The molecule has 0 aromatic heterocycles. The normalized spacial score (nSPS) is 21.8. The van der Waals surface area contributed by atoms with Crippen LogP contribution in [0.15, 0.2) is 60.7 Å². The van der Waals surface area contributed by atoms with Gasteiger partial charge in [-0.25, -0.2) is 0 Å². The molecule has 0 radical (unpaired) electrons. The molecule has 0 heterocycles. The van der Waals surface area contributed by atoms with Crippen LogP contribution in [-0.4, -0.2) is 22.2 Å². The van der Waals surface area contributed by atoms with E-state index in [1.54, 1.807) is 0 Å². The summed E-state index contributed by atoms with van der Waals surface area (Å²) in [5, 5.41) is 9.85.